The number of aryl methyl sites for hydroxylation is 1. The van der Waals surface area contributed by atoms with Gasteiger partial charge in [-0.05, 0) is 37.0 Å². The number of carbonyl (C=O) groups is 1. The summed E-state index contributed by atoms with van der Waals surface area (Å²) in [5.41, 5.74) is 1.94. The summed E-state index contributed by atoms with van der Waals surface area (Å²) >= 11 is 0. The van der Waals surface area contributed by atoms with Gasteiger partial charge in [0.25, 0.3) is 0 Å². The van der Waals surface area contributed by atoms with Crippen LogP contribution in [-0.2, 0) is 4.79 Å². The Morgan fingerprint density at radius 1 is 1.12 bits per heavy atom. The molecule has 0 aliphatic heterocycles. The van der Waals surface area contributed by atoms with Crippen LogP contribution < -0.4 is 5.32 Å². The highest BCUT2D eigenvalue weighted by molar-refractivity contribution is 5.96. The van der Waals surface area contributed by atoms with Gasteiger partial charge in [0.1, 0.15) is 5.82 Å². The molecule has 2 aromatic heterocycles. The van der Waals surface area contributed by atoms with E-state index in [1.54, 1.807) is 12.4 Å². The predicted octanol–water partition coefficient (Wildman–Crippen LogP) is 3.32. The number of amides is 1. The van der Waals surface area contributed by atoms with Crippen molar-refractivity contribution in [2.75, 3.05) is 5.32 Å². The van der Waals surface area contributed by atoms with Crippen LogP contribution in [0.4, 0.5) is 5.69 Å². The molecule has 0 radical (unpaired) electrons. The Labute approximate surface area is 140 Å². The predicted molar refractivity (Wildman–Crippen MR) is 92.0 cm³/mol. The first-order valence-corrected chi connectivity index (χ1v) is 8.05. The number of pyridine rings is 1. The van der Waals surface area contributed by atoms with Crippen molar-refractivity contribution in [2.24, 2.45) is 5.92 Å². The lowest BCUT2D eigenvalue weighted by Crippen LogP contribution is -2.17. The number of imidazole rings is 1. The smallest absolute Gasteiger partial charge is 0.228 e. The maximum Gasteiger partial charge on any atom is 0.228 e. The summed E-state index contributed by atoms with van der Waals surface area (Å²) < 4.78 is 1.87. The molecule has 1 fully saturated rings. The van der Waals surface area contributed by atoms with E-state index in [9.17, 15) is 4.79 Å². The van der Waals surface area contributed by atoms with Crippen LogP contribution in [0.5, 0.6) is 0 Å². The molecule has 5 nitrogen and oxygen atoms in total. The third-order valence-electron chi connectivity index (χ3n) is 4.45. The van der Waals surface area contributed by atoms with E-state index in [2.05, 4.69) is 27.4 Å². The van der Waals surface area contributed by atoms with Gasteiger partial charge in [-0.3, -0.25) is 9.36 Å². The quantitative estimate of drug-likeness (QED) is 0.803. The fourth-order valence-electron chi connectivity index (χ4n) is 3.07. The monoisotopic (exact) mass is 318 g/mol. The molecule has 1 amide bonds. The highest BCUT2D eigenvalue weighted by Gasteiger charge is 2.44. The van der Waals surface area contributed by atoms with E-state index < -0.39 is 0 Å². The van der Waals surface area contributed by atoms with Crippen molar-refractivity contribution in [3.63, 3.8) is 0 Å². The van der Waals surface area contributed by atoms with Gasteiger partial charge in [0, 0.05) is 24.5 Å². The maximum absolute atomic E-state index is 12.6. The van der Waals surface area contributed by atoms with Crippen molar-refractivity contribution in [2.45, 2.75) is 19.3 Å². The molecule has 1 aromatic carbocycles. The zero-order valence-corrected chi connectivity index (χ0v) is 13.4. The summed E-state index contributed by atoms with van der Waals surface area (Å²) in [5, 5.41) is 3.04. The molecule has 0 bridgehead atoms. The van der Waals surface area contributed by atoms with Crippen molar-refractivity contribution < 1.29 is 4.79 Å². The number of hydrogen-bond donors (Lipinski definition) is 1. The third-order valence-corrected chi connectivity index (χ3v) is 4.45. The van der Waals surface area contributed by atoms with E-state index in [0.29, 0.717) is 17.4 Å². The Morgan fingerprint density at radius 3 is 2.71 bits per heavy atom. The second-order valence-corrected chi connectivity index (χ2v) is 6.07. The minimum Gasteiger partial charge on any atom is -0.323 e. The van der Waals surface area contributed by atoms with Gasteiger partial charge in [0.2, 0.25) is 5.91 Å². The summed E-state index contributed by atoms with van der Waals surface area (Å²) in [6.07, 6.45) is 6.18. The molecule has 4 rings (SSSR count). The number of hydrogen-bond acceptors (Lipinski definition) is 3. The molecule has 0 unspecified atom stereocenters. The standard InChI is InChI=1S/C19H18N4O/c1-13-20-10-11-23(13)18-17(8-5-9-21-18)22-19(24)16-12-15(16)14-6-3-2-4-7-14/h2-11,15-16H,12H2,1H3,(H,22,24)/t15-,16-/m1/s1. The molecule has 1 saturated carbocycles. The minimum atomic E-state index is 0.0318. The van der Waals surface area contributed by atoms with Crippen LogP contribution >= 0.6 is 0 Å². The summed E-state index contributed by atoms with van der Waals surface area (Å²) in [4.78, 5) is 21.2. The number of rotatable bonds is 4. The molecule has 5 heteroatoms. The SMILES string of the molecule is Cc1nccn1-c1ncccc1NC(=O)[C@@H]1C[C@@H]1c1ccccc1. The average molecular weight is 318 g/mol. The van der Waals surface area contributed by atoms with Gasteiger partial charge in [-0.15, -0.1) is 0 Å². The first kappa shape index (κ1) is 14.6. The first-order valence-electron chi connectivity index (χ1n) is 8.05. The lowest BCUT2D eigenvalue weighted by Gasteiger charge is -2.11. The van der Waals surface area contributed by atoms with Gasteiger partial charge in [-0.25, -0.2) is 9.97 Å². The Morgan fingerprint density at radius 2 is 1.96 bits per heavy atom. The van der Waals surface area contributed by atoms with Gasteiger partial charge in [-0.2, -0.15) is 0 Å². The van der Waals surface area contributed by atoms with E-state index in [1.807, 2.05) is 48.0 Å². The highest BCUT2D eigenvalue weighted by atomic mass is 16.2. The van der Waals surface area contributed by atoms with Crippen LogP contribution in [0.3, 0.4) is 0 Å². The minimum absolute atomic E-state index is 0.0318. The van der Waals surface area contributed by atoms with Crippen molar-refractivity contribution in [3.05, 3.63) is 72.4 Å². The van der Waals surface area contributed by atoms with Crippen LogP contribution in [0.1, 0.15) is 23.7 Å². The van der Waals surface area contributed by atoms with Crippen molar-refractivity contribution >= 4 is 11.6 Å². The topological polar surface area (TPSA) is 59.8 Å². The second kappa shape index (κ2) is 5.92. The molecule has 1 aliphatic rings. The van der Waals surface area contributed by atoms with Gasteiger partial charge in [0.15, 0.2) is 5.82 Å². The van der Waals surface area contributed by atoms with Crippen molar-refractivity contribution in [1.82, 2.24) is 14.5 Å². The average Bonchev–Trinajstić information content (AvgIpc) is 3.31. The van der Waals surface area contributed by atoms with Crippen LogP contribution in [-0.4, -0.2) is 20.4 Å². The number of nitrogens with one attached hydrogen (secondary N) is 1. The zero-order valence-electron chi connectivity index (χ0n) is 13.4. The zero-order chi connectivity index (χ0) is 16.5. The van der Waals surface area contributed by atoms with E-state index in [0.717, 1.165) is 12.2 Å². The van der Waals surface area contributed by atoms with E-state index in [-0.39, 0.29) is 11.8 Å². The lowest BCUT2D eigenvalue weighted by molar-refractivity contribution is -0.117. The van der Waals surface area contributed by atoms with Gasteiger partial charge in [-0.1, -0.05) is 30.3 Å². The van der Waals surface area contributed by atoms with Gasteiger partial charge in [0.05, 0.1) is 5.69 Å². The fraction of sp³-hybridized carbons (Fsp3) is 0.211. The van der Waals surface area contributed by atoms with Crippen molar-refractivity contribution in [1.29, 1.82) is 0 Å². The second-order valence-electron chi connectivity index (χ2n) is 6.07. The summed E-state index contributed by atoms with van der Waals surface area (Å²) in [5.74, 6) is 1.93. The molecular weight excluding hydrogens is 300 g/mol. The molecule has 24 heavy (non-hydrogen) atoms. The molecule has 0 saturated heterocycles. The Kier molecular flexibility index (Phi) is 3.61. The fourth-order valence-corrected chi connectivity index (χ4v) is 3.07. The van der Waals surface area contributed by atoms with Gasteiger partial charge < -0.3 is 5.32 Å². The third kappa shape index (κ3) is 2.69. The number of anilines is 1. The largest absolute Gasteiger partial charge is 0.323 e. The normalized spacial score (nSPS) is 19.0. The van der Waals surface area contributed by atoms with E-state index in [1.165, 1.54) is 5.56 Å². The Hall–Kier alpha value is -2.95. The Bertz CT molecular complexity index is 872. The Balaban J connectivity index is 1.53. The molecule has 120 valence electrons. The number of nitrogens with zero attached hydrogens (tertiary/aromatic N) is 3. The molecule has 2 atom stereocenters. The van der Waals surface area contributed by atoms with Crippen molar-refractivity contribution in [3.8, 4) is 5.82 Å². The summed E-state index contributed by atoms with van der Waals surface area (Å²) in [6.45, 7) is 1.91. The first-order chi connectivity index (χ1) is 11.7. The molecule has 1 aliphatic carbocycles. The van der Waals surface area contributed by atoms with E-state index >= 15 is 0 Å². The molecule has 0 spiro atoms. The molecule has 1 N–H and O–H groups in total. The lowest BCUT2D eigenvalue weighted by atomic mass is 10.1. The van der Waals surface area contributed by atoms with Gasteiger partial charge >= 0.3 is 0 Å². The number of aromatic nitrogens is 3. The number of benzene rings is 1. The van der Waals surface area contributed by atoms with Crippen LogP contribution in [0.25, 0.3) is 5.82 Å². The summed E-state index contributed by atoms with van der Waals surface area (Å²) in [6, 6.07) is 13.9. The molecule has 3 aromatic rings. The van der Waals surface area contributed by atoms with Crippen LogP contribution in [0.15, 0.2) is 61.1 Å². The van der Waals surface area contributed by atoms with Crippen LogP contribution in [0, 0.1) is 12.8 Å². The molecule has 2 heterocycles. The number of carbonyl (C=O) groups excluding carboxylic acids is 1. The van der Waals surface area contributed by atoms with E-state index in [4.69, 9.17) is 0 Å². The molecular formula is C19H18N4O. The summed E-state index contributed by atoms with van der Waals surface area (Å²) in [7, 11) is 0. The highest BCUT2D eigenvalue weighted by Crippen LogP contribution is 2.48. The maximum atomic E-state index is 12.6. The van der Waals surface area contributed by atoms with Crippen LogP contribution in [0.2, 0.25) is 0 Å².